The minimum Gasteiger partial charge on any atom is -0.311 e. The molecule has 11 rings (SSSR count). The zero-order valence-corrected chi connectivity index (χ0v) is 29.4. The van der Waals surface area contributed by atoms with Gasteiger partial charge in [0.2, 0.25) is 0 Å². The number of nitrogens with zero attached hydrogens (tertiary/aromatic N) is 2. The molecule has 6 aromatic carbocycles. The van der Waals surface area contributed by atoms with Crippen LogP contribution < -0.4 is 26.2 Å². The fourth-order valence-corrected chi connectivity index (χ4v) is 10.7. The Hall–Kier alpha value is -5.02. The van der Waals surface area contributed by atoms with E-state index >= 15 is 0 Å². The summed E-state index contributed by atoms with van der Waals surface area (Å²) in [4.78, 5) is 5.39. The second-order valence-electron chi connectivity index (χ2n) is 15.6. The Bertz CT molecular complexity index is 2190. The van der Waals surface area contributed by atoms with Crippen molar-refractivity contribution in [3.05, 3.63) is 160 Å². The van der Waals surface area contributed by atoms with Gasteiger partial charge in [-0.15, -0.1) is 0 Å². The van der Waals surface area contributed by atoms with Crippen molar-refractivity contribution >= 4 is 57.2 Å². The summed E-state index contributed by atoms with van der Waals surface area (Å²) in [6.07, 6.45) is 13.4. The first-order valence-corrected chi connectivity index (χ1v) is 19.6. The first-order chi connectivity index (χ1) is 25.3. The molecule has 0 fully saturated rings. The molecule has 3 aliphatic carbocycles. The van der Waals surface area contributed by atoms with Gasteiger partial charge < -0.3 is 9.80 Å². The summed E-state index contributed by atoms with van der Waals surface area (Å²) in [5, 5.41) is 0. The highest BCUT2D eigenvalue weighted by Crippen LogP contribution is 2.50. The molecule has 248 valence electrons. The molecule has 0 bridgehead atoms. The van der Waals surface area contributed by atoms with Crippen LogP contribution in [0.4, 0.5) is 34.1 Å². The van der Waals surface area contributed by atoms with Crippen LogP contribution in [0.1, 0.15) is 83.4 Å². The van der Waals surface area contributed by atoms with Crippen molar-refractivity contribution in [1.29, 1.82) is 0 Å². The van der Waals surface area contributed by atoms with Crippen LogP contribution in [0, 0.1) is 0 Å². The van der Waals surface area contributed by atoms with Crippen LogP contribution >= 0.6 is 0 Å². The normalized spacial score (nSPS) is 18.2. The summed E-state index contributed by atoms with van der Waals surface area (Å²) in [5.74, 6) is 0.377. The van der Waals surface area contributed by atoms with Gasteiger partial charge in [-0.1, -0.05) is 84.9 Å². The highest BCUT2D eigenvalue weighted by atomic mass is 15.2. The quantitative estimate of drug-likeness (QED) is 0.174. The maximum atomic E-state index is 2.69. The first kappa shape index (κ1) is 29.7. The zero-order chi connectivity index (χ0) is 33.5. The third-order valence-electron chi connectivity index (χ3n) is 12.9. The molecule has 2 heterocycles. The molecule has 2 aliphatic heterocycles. The van der Waals surface area contributed by atoms with Gasteiger partial charge >= 0.3 is 0 Å². The maximum Gasteiger partial charge on any atom is 0.252 e. The Kier molecular flexibility index (Phi) is 6.85. The topological polar surface area (TPSA) is 6.48 Å². The number of hydrogen-bond acceptors (Lipinski definition) is 2. The second kappa shape index (κ2) is 11.8. The SMILES string of the molecule is c1ccc(N2c3cc(C4CCCc5ccccc54)cc4c3B(c3ccc5c(c32)CCCC5)c2ccc3c(c2N4c2ccccc2)CCCC3)cc1. The summed E-state index contributed by atoms with van der Waals surface area (Å²) in [6.45, 7) is 0.187. The molecule has 1 unspecified atom stereocenters. The molecule has 1 atom stereocenters. The van der Waals surface area contributed by atoms with E-state index in [1.807, 2.05) is 0 Å². The van der Waals surface area contributed by atoms with E-state index < -0.39 is 0 Å². The van der Waals surface area contributed by atoms with Gasteiger partial charge in [0, 0.05) is 40.0 Å². The van der Waals surface area contributed by atoms with Crippen LogP contribution in [0.15, 0.2) is 121 Å². The van der Waals surface area contributed by atoms with E-state index in [-0.39, 0.29) is 6.71 Å². The van der Waals surface area contributed by atoms with Gasteiger partial charge in [0.25, 0.3) is 6.71 Å². The Labute approximate surface area is 302 Å². The third kappa shape index (κ3) is 4.49. The van der Waals surface area contributed by atoms with Crippen molar-refractivity contribution in [2.45, 2.75) is 76.5 Å². The molecule has 51 heavy (non-hydrogen) atoms. The monoisotopic (exact) mass is 658 g/mol. The molecule has 0 radical (unpaired) electrons. The number of rotatable bonds is 3. The standard InChI is InChI=1S/C48H43BN2/c1-3-18-36(19-4-1)50-44-30-35(39-25-13-17-32-14-7-10-22-38(32)39)31-45-46(44)49(42-28-26-33-15-8-11-23-40(33)47(42)50)43-29-27-34-16-9-12-24-41(34)48(43)51(45)37-20-5-2-6-21-37/h1-7,10,14,18-22,26-31,39H,8-9,11-13,15-17,23-25H2. The molecule has 3 heteroatoms. The molecule has 0 amide bonds. The number of aryl methyl sites for hydroxylation is 3. The minimum atomic E-state index is 0.187. The van der Waals surface area contributed by atoms with E-state index in [1.165, 1.54) is 125 Å². The number of para-hydroxylation sites is 2. The Morgan fingerprint density at radius 3 is 1.57 bits per heavy atom. The third-order valence-corrected chi connectivity index (χ3v) is 12.9. The van der Waals surface area contributed by atoms with Crippen LogP contribution in [0.2, 0.25) is 0 Å². The van der Waals surface area contributed by atoms with E-state index in [9.17, 15) is 0 Å². The lowest BCUT2D eigenvalue weighted by atomic mass is 9.33. The van der Waals surface area contributed by atoms with Gasteiger partial charge in [-0.2, -0.15) is 0 Å². The van der Waals surface area contributed by atoms with Crippen molar-refractivity contribution in [3.8, 4) is 0 Å². The lowest BCUT2D eigenvalue weighted by Gasteiger charge is -2.47. The summed E-state index contributed by atoms with van der Waals surface area (Å²) in [6, 6.07) is 47.2. The van der Waals surface area contributed by atoms with Crippen LogP contribution in [-0.4, -0.2) is 6.71 Å². The Balaban J connectivity index is 1.28. The van der Waals surface area contributed by atoms with Gasteiger partial charge in [0.15, 0.2) is 0 Å². The van der Waals surface area contributed by atoms with Crippen molar-refractivity contribution in [2.75, 3.05) is 9.80 Å². The number of fused-ring (bicyclic) bond motifs is 9. The van der Waals surface area contributed by atoms with Crippen LogP contribution in [0.25, 0.3) is 0 Å². The van der Waals surface area contributed by atoms with Gasteiger partial charge in [-0.3, -0.25) is 0 Å². The fraction of sp³-hybridized carbons (Fsp3) is 0.250. The van der Waals surface area contributed by atoms with Crippen LogP contribution in [-0.2, 0) is 32.1 Å². The fourth-order valence-electron chi connectivity index (χ4n) is 10.7. The molecular formula is C48H43BN2. The molecule has 5 aliphatic rings. The van der Waals surface area contributed by atoms with E-state index in [4.69, 9.17) is 0 Å². The summed E-state index contributed by atoms with van der Waals surface area (Å²) in [7, 11) is 0. The highest BCUT2D eigenvalue weighted by Gasteiger charge is 2.46. The Morgan fingerprint density at radius 2 is 0.980 bits per heavy atom. The molecule has 0 spiro atoms. The molecule has 6 aromatic rings. The number of anilines is 6. The smallest absolute Gasteiger partial charge is 0.252 e. The zero-order valence-electron chi connectivity index (χ0n) is 29.4. The van der Waals surface area contributed by atoms with Gasteiger partial charge in [-0.05, 0) is 162 Å². The molecule has 0 aromatic heterocycles. The minimum absolute atomic E-state index is 0.187. The average Bonchev–Trinajstić information content (AvgIpc) is 3.20. The van der Waals surface area contributed by atoms with E-state index in [0.29, 0.717) is 5.92 Å². The maximum absolute atomic E-state index is 2.69. The lowest BCUT2D eigenvalue weighted by molar-refractivity contribution is 0.616. The van der Waals surface area contributed by atoms with Gasteiger partial charge in [-0.25, -0.2) is 0 Å². The molecule has 0 N–H and O–H groups in total. The van der Waals surface area contributed by atoms with Gasteiger partial charge in [0.05, 0.1) is 0 Å². The number of benzene rings is 6. The van der Waals surface area contributed by atoms with Crippen molar-refractivity contribution in [3.63, 3.8) is 0 Å². The van der Waals surface area contributed by atoms with Crippen molar-refractivity contribution in [1.82, 2.24) is 0 Å². The van der Waals surface area contributed by atoms with Crippen molar-refractivity contribution in [2.24, 2.45) is 0 Å². The summed E-state index contributed by atoms with van der Waals surface area (Å²) >= 11 is 0. The van der Waals surface area contributed by atoms with E-state index in [0.717, 1.165) is 12.8 Å². The lowest BCUT2D eigenvalue weighted by Crippen LogP contribution is -2.62. The predicted octanol–water partition coefficient (Wildman–Crippen LogP) is 9.99. The highest BCUT2D eigenvalue weighted by molar-refractivity contribution is 7.00. The average molecular weight is 659 g/mol. The van der Waals surface area contributed by atoms with Crippen molar-refractivity contribution < 1.29 is 0 Å². The molecular weight excluding hydrogens is 615 g/mol. The molecule has 0 saturated heterocycles. The van der Waals surface area contributed by atoms with Crippen LogP contribution in [0.3, 0.4) is 0 Å². The summed E-state index contributed by atoms with van der Waals surface area (Å²) < 4.78 is 0. The van der Waals surface area contributed by atoms with Gasteiger partial charge in [0.1, 0.15) is 0 Å². The van der Waals surface area contributed by atoms with Crippen LogP contribution in [0.5, 0.6) is 0 Å². The first-order valence-electron chi connectivity index (χ1n) is 19.6. The number of hydrogen-bond donors (Lipinski definition) is 0. The molecule has 0 saturated carbocycles. The Morgan fingerprint density at radius 1 is 0.471 bits per heavy atom. The van der Waals surface area contributed by atoms with E-state index in [2.05, 4.69) is 131 Å². The largest absolute Gasteiger partial charge is 0.311 e. The second-order valence-corrected chi connectivity index (χ2v) is 15.6. The molecule has 2 nitrogen and oxygen atoms in total. The predicted molar refractivity (Wildman–Crippen MR) is 215 cm³/mol. The van der Waals surface area contributed by atoms with E-state index in [1.54, 1.807) is 22.3 Å². The summed E-state index contributed by atoms with van der Waals surface area (Å²) in [5.41, 5.74) is 23.4.